The summed E-state index contributed by atoms with van der Waals surface area (Å²) < 4.78 is 21.4. The normalized spacial score (nSPS) is 14.0. The van der Waals surface area contributed by atoms with Crippen LogP contribution in [0.1, 0.15) is 38.2 Å². The molecule has 154 valence electrons. The van der Waals surface area contributed by atoms with Crippen LogP contribution in [0.4, 0.5) is 0 Å². The van der Waals surface area contributed by atoms with E-state index in [1.165, 1.54) is 0 Å². The zero-order valence-corrected chi connectivity index (χ0v) is 18.0. The van der Waals surface area contributed by atoms with Gasteiger partial charge in [0, 0.05) is 41.1 Å². The first-order chi connectivity index (χ1) is 14.4. The fourth-order valence-electron chi connectivity index (χ4n) is 3.24. The molecular weight excluding hydrogens is 396 g/mol. The van der Waals surface area contributed by atoms with Gasteiger partial charge in [-0.25, -0.2) is 9.97 Å². The Morgan fingerprint density at radius 3 is 2.47 bits per heavy atom. The van der Waals surface area contributed by atoms with E-state index in [0.29, 0.717) is 12.2 Å². The predicted molar refractivity (Wildman–Crippen MR) is 119 cm³/mol. The number of aromatic nitrogens is 3. The summed E-state index contributed by atoms with van der Waals surface area (Å²) in [6.07, 6.45) is 3.93. The van der Waals surface area contributed by atoms with Gasteiger partial charge in [-0.15, -0.1) is 4.72 Å². The predicted octanol–water partition coefficient (Wildman–Crippen LogP) is 4.62. The van der Waals surface area contributed by atoms with Crippen molar-refractivity contribution >= 4 is 22.3 Å². The lowest BCUT2D eigenvalue weighted by molar-refractivity contribution is 0.459. The third-order valence-corrected chi connectivity index (χ3v) is 6.39. The van der Waals surface area contributed by atoms with Gasteiger partial charge in [0.05, 0.1) is 6.04 Å². The Labute approximate surface area is 179 Å². The quantitative estimate of drug-likeness (QED) is 0.458. The second-order valence-electron chi connectivity index (χ2n) is 8.04. The maximum atomic E-state index is 13.0. The monoisotopic (exact) mass is 420 g/mol. The summed E-state index contributed by atoms with van der Waals surface area (Å²) in [5.74, 6) is 0.681. The molecule has 0 aliphatic heterocycles. The van der Waals surface area contributed by atoms with Crippen molar-refractivity contribution in [2.24, 2.45) is 0 Å². The topological polar surface area (TPSA) is 86.9 Å². The van der Waals surface area contributed by atoms with Crippen molar-refractivity contribution in [1.82, 2.24) is 19.8 Å². The van der Waals surface area contributed by atoms with Gasteiger partial charge in [-0.1, -0.05) is 41.6 Å². The van der Waals surface area contributed by atoms with Crippen molar-refractivity contribution in [3.8, 4) is 11.3 Å². The molecule has 0 radical (unpaired) electrons. The molecule has 2 aromatic carbocycles. The summed E-state index contributed by atoms with van der Waals surface area (Å²) in [5.41, 5.74) is 3.41. The van der Waals surface area contributed by atoms with Gasteiger partial charge in [-0.05, 0) is 44.5 Å². The highest BCUT2D eigenvalue weighted by Crippen LogP contribution is 2.34. The first-order valence-corrected chi connectivity index (χ1v) is 11.0. The molecule has 0 aliphatic rings. The van der Waals surface area contributed by atoms with E-state index in [4.69, 9.17) is 4.52 Å². The van der Waals surface area contributed by atoms with E-state index < -0.39 is 16.1 Å². The molecule has 1 N–H and O–H groups in total. The van der Waals surface area contributed by atoms with Crippen molar-refractivity contribution in [3.63, 3.8) is 0 Å². The van der Waals surface area contributed by atoms with E-state index in [1.807, 2.05) is 69.3 Å². The Morgan fingerprint density at radius 1 is 1.00 bits per heavy atom. The van der Waals surface area contributed by atoms with Crippen molar-refractivity contribution < 1.29 is 9.08 Å². The summed E-state index contributed by atoms with van der Waals surface area (Å²) in [6, 6.07) is 17.3. The zero-order valence-electron chi connectivity index (χ0n) is 17.2. The van der Waals surface area contributed by atoms with Crippen LogP contribution in [0.5, 0.6) is 0 Å². The lowest BCUT2D eigenvalue weighted by atomic mass is 9.95. The van der Waals surface area contributed by atoms with Gasteiger partial charge >= 0.3 is 0 Å². The number of hydrogen-bond acceptors (Lipinski definition) is 6. The lowest BCUT2D eigenvalue weighted by Gasteiger charge is -2.28. The minimum Gasteiger partial charge on any atom is -0.598 e. The minimum atomic E-state index is -1.27. The maximum absolute atomic E-state index is 13.0. The highest BCUT2D eigenvalue weighted by atomic mass is 32.2. The largest absolute Gasteiger partial charge is 0.598 e. The molecule has 4 rings (SSSR count). The molecule has 0 saturated carbocycles. The van der Waals surface area contributed by atoms with Crippen LogP contribution in [0.25, 0.3) is 22.2 Å². The minimum absolute atomic E-state index is 0.265. The molecule has 0 fully saturated rings. The molecule has 0 aliphatic carbocycles. The average molecular weight is 421 g/mol. The van der Waals surface area contributed by atoms with Crippen molar-refractivity contribution in [3.05, 3.63) is 78.4 Å². The van der Waals surface area contributed by atoms with Crippen molar-refractivity contribution in [2.45, 2.75) is 38.0 Å². The van der Waals surface area contributed by atoms with Gasteiger partial charge in [0.1, 0.15) is 16.3 Å². The van der Waals surface area contributed by atoms with E-state index >= 15 is 0 Å². The number of nitrogens with zero attached hydrogens (tertiary/aromatic N) is 3. The van der Waals surface area contributed by atoms with Crippen LogP contribution in [0.15, 0.2) is 71.5 Å². The molecule has 0 saturated heterocycles. The van der Waals surface area contributed by atoms with Crippen LogP contribution >= 0.6 is 0 Å². The van der Waals surface area contributed by atoms with Crippen molar-refractivity contribution in [2.75, 3.05) is 0 Å². The number of nitrogens with one attached hydrogen (secondary N) is 1. The summed E-state index contributed by atoms with van der Waals surface area (Å²) in [5, 5.41) is 5.27. The molecule has 2 heterocycles. The van der Waals surface area contributed by atoms with E-state index in [1.54, 1.807) is 18.5 Å². The van der Waals surface area contributed by atoms with Crippen LogP contribution < -0.4 is 4.72 Å². The van der Waals surface area contributed by atoms with Crippen molar-refractivity contribution in [1.29, 1.82) is 0 Å². The van der Waals surface area contributed by atoms with Crippen LogP contribution in [0, 0.1) is 0 Å². The SMILES string of the molecule is CC(C)(C)[S@+]([O-])N[C@@H](Cc1ncccn1)c1ccccc1-c1noc2ccccc12. The number of rotatable bonds is 6. The Balaban J connectivity index is 1.79. The van der Waals surface area contributed by atoms with E-state index in [9.17, 15) is 4.55 Å². The van der Waals surface area contributed by atoms with E-state index in [-0.39, 0.29) is 6.04 Å². The lowest BCUT2D eigenvalue weighted by Crippen LogP contribution is -2.42. The molecule has 0 unspecified atom stereocenters. The fourth-order valence-corrected chi connectivity index (χ4v) is 4.06. The molecule has 4 aromatic rings. The van der Waals surface area contributed by atoms with E-state index in [2.05, 4.69) is 19.8 Å². The maximum Gasteiger partial charge on any atom is 0.167 e. The average Bonchev–Trinajstić information content (AvgIpc) is 3.17. The van der Waals surface area contributed by atoms with E-state index in [0.717, 1.165) is 27.8 Å². The van der Waals surface area contributed by atoms with Crippen LogP contribution in [-0.2, 0) is 17.8 Å². The second-order valence-corrected chi connectivity index (χ2v) is 10.0. The Kier molecular flexibility index (Phi) is 5.85. The molecule has 2 aromatic heterocycles. The van der Waals surface area contributed by atoms with Gasteiger partial charge < -0.3 is 9.08 Å². The number of para-hydroxylation sites is 1. The molecule has 2 atom stereocenters. The summed E-state index contributed by atoms with van der Waals surface area (Å²) in [7, 11) is 0. The molecule has 30 heavy (non-hydrogen) atoms. The molecule has 0 bridgehead atoms. The second kappa shape index (κ2) is 8.55. The molecule has 0 amide bonds. The highest BCUT2D eigenvalue weighted by Gasteiger charge is 2.31. The molecule has 7 heteroatoms. The Hall–Kier alpha value is -2.74. The van der Waals surface area contributed by atoms with Crippen LogP contribution in [0.3, 0.4) is 0 Å². The van der Waals surface area contributed by atoms with Gasteiger partial charge in [0.15, 0.2) is 5.58 Å². The Bertz CT molecular complexity index is 1120. The van der Waals surface area contributed by atoms with Gasteiger partial charge in [0.2, 0.25) is 0 Å². The first-order valence-electron chi connectivity index (χ1n) is 9.81. The van der Waals surface area contributed by atoms with Gasteiger partial charge in [-0.3, -0.25) is 0 Å². The zero-order chi connectivity index (χ0) is 21.1. The van der Waals surface area contributed by atoms with Crippen LogP contribution in [-0.4, -0.2) is 24.4 Å². The first kappa shape index (κ1) is 20.5. The van der Waals surface area contributed by atoms with Gasteiger partial charge in [0.25, 0.3) is 0 Å². The number of hydrogen-bond donors (Lipinski definition) is 1. The number of benzene rings is 2. The molecule has 6 nitrogen and oxygen atoms in total. The van der Waals surface area contributed by atoms with Gasteiger partial charge in [-0.2, -0.15) is 0 Å². The third kappa shape index (κ3) is 4.38. The third-order valence-electron chi connectivity index (χ3n) is 4.78. The standard InChI is InChI=1S/C23H24N4O2S/c1-23(2,3)30(28)27-19(15-21-24-13-8-14-25-21)16-9-4-5-10-17(16)22-18-11-6-7-12-20(18)29-26-22/h4-14,19,27H,15H2,1-3H3/t19-,30-/m0/s1. The number of fused-ring (bicyclic) bond motifs is 1. The summed E-state index contributed by atoms with van der Waals surface area (Å²) in [6.45, 7) is 5.84. The molecular formula is C23H24N4O2S. The Morgan fingerprint density at radius 2 is 1.70 bits per heavy atom. The summed E-state index contributed by atoms with van der Waals surface area (Å²) >= 11 is -1.27. The fraction of sp³-hybridized carbons (Fsp3) is 0.261. The smallest absolute Gasteiger partial charge is 0.167 e. The molecule has 0 spiro atoms. The summed E-state index contributed by atoms with van der Waals surface area (Å²) in [4.78, 5) is 8.74. The van der Waals surface area contributed by atoms with Crippen LogP contribution in [0.2, 0.25) is 0 Å². The highest BCUT2D eigenvalue weighted by molar-refractivity contribution is 7.90.